The number of carbonyl (C=O) groups is 1. The first-order valence-corrected chi connectivity index (χ1v) is 7.30. The molecule has 1 aromatic heterocycles. The van der Waals surface area contributed by atoms with Gasteiger partial charge >= 0.3 is 12.1 Å². The molecule has 0 radical (unpaired) electrons. The molecule has 3 rings (SSSR count). The van der Waals surface area contributed by atoms with Gasteiger partial charge in [-0.2, -0.15) is 13.2 Å². The van der Waals surface area contributed by atoms with Crippen molar-refractivity contribution >= 4 is 22.7 Å². The minimum atomic E-state index is -4.73. The summed E-state index contributed by atoms with van der Waals surface area (Å²) in [6, 6.07) is 5.45. The number of rotatable bonds is 2. The Balaban J connectivity index is 2.45. The maximum Gasteiger partial charge on any atom is 0.434 e. The number of carboxylic acid groups (broad SMARTS) is 1. The number of halogens is 3. The number of carboxylic acids is 1. The van der Waals surface area contributed by atoms with Crippen LogP contribution in [0.3, 0.4) is 0 Å². The summed E-state index contributed by atoms with van der Waals surface area (Å²) >= 11 is 0. The highest BCUT2D eigenvalue weighted by molar-refractivity contribution is 6.08. The van der Waals surface area contributed by atoms with Crippen LogP contribution in [0.5, 0.6) is 5.75 Å². The minimum Gasteiger partial charge on any atom is -0.508 e. The Morgan fingerprint density at radius 2 is 1.96 bits per heavy atom. The molecule has 0 amide bonds. The molecular formula is C17H12F3N3O3. The second kappa shape index (κ2) is 5.87. The molecule has 0 unspecified atom stereocenters. The summed E-state index contributed by atoms with van der Waals surface area (Å²) in [5, 5.41) is 19.3. The lowest BCUT2D eigenvalue weighted by molar-refractivity contribution is -0.141. The number of aromatic carboxylic acids is 1. The van der Waals surface area contributed by atoms with Gasteiger partial charge in [0, 0.05) is 5.56 Å². The summed E-state index contributed by atoms with van der Waals surface area (Å²) in [5.74, 6) is -1.49. The van der Waals surface area contributed by atoms with E-state index in [-0.39, 0.29) is 28.0 Å². The average molecular weight is 363 g/mol. The first-order valence-electron chi connectivity index (χ1n) is 7.30. The zero-order valence-corrected chi connectivity index (χ0v) is 13.3. The van der Waals surface area contributed by atoms with Crippen molar-refractivity contribution in [1.82, 2.24) is 9.97 Å². The Morgan fingerprint density at radius 1 is 1.27 bits per heavy atom. The molecule has 0 aliphatic rings. The monoisotopic (exact) mass is 363 g/mol. The number of benzene rings is 2. The Morgan fingerprint density at radius 3 is 2.58 bits per heavy atom. The van der Waals surface area contributed by atoms with Crippen LogP contribution in [-0.2, 0) is 6.18 Å². The molecule has 6 nitrogen and oxygen atoms in total. The van der Waals surface area contributed by atoms with Crippen molar-refractivity contribution in [3.05, 3.63) is 47.3 Å². The highest BCUT2D eigenvalue weighted by atomic mass is 19.4. The van der Waals surface area contributed by atoms with E-state index >= 15 is 0 Å². The molecule has 0 aliphatic carbocycles. The molecule has 26 heavy (non-hydrogen) atoms. The maximum atomic E-state index is 12.9. The third-order valence-corrected chi connectivity index (χ3v) is 3.97. The number of anilines is 1. The fraction of sp³-hybridized carbons (Fsp3) is 0.118. The summed E-state index contributed by atoms with van der Waals surface area (Å²) in [6.07, 6.45) is -4.17. The van der Waals surface area contributed by atoms with Crippen molar-refractivity contribution in [1.29, 1.82) is 0 Å². The Bertz CT molecular complexity index is 1050. The van der Waals surface area contributed by atoms with Crippen LogP contribution in [0.2, 0.25) is 0 Å². The van der Waals surface area contributed by atoms with E-state index in [4.69, 9.17) is 5.73 Å². The van der Waals surface area contributed by atoms with E-state index in [1.54, 1.807) is 13.0 Å². The van der Waals surface area contributed by atoms with Gasteiger partial charge in [0.25, 0.3) is 0 Å². The first kappa shape index (κ1) is 17.5. The van der Waals surface area contributed by atoms with Gasteiger partial charge in [0.15, 0.2) is 5.69 Å². The van der Waals surface area contributed by atoms with E-state index in [0.717, 1.165) is 6.07 Å². The molecular weight excluding hydrogens is 351 g/mol. The Labute approximate surface area is 144 Å². The van der Waals surface area contributed by atoms with Gasteiger partial charge < -0.3 is 15.9 Å². The summed E-state index contributed by atoms with van der Waals surface area (Å²) in [6.45, 7) is 1.57. The van der Waals surface area contributed by atoms with Crippen LogP contribution < -0.4 is 5.73 Å². The molecule has 0 spiro atoms. The van der Waals surface area contributed by atoms with Gasteiger partial charge in [0.1, 0.15) is 5.75 Å². The van der Waals surface area contributed by atoms with Crippen molar-refractivity contribution in [3.63, 3.8) is 0 Å². The van der Waals surface area contributed by atoms with Crippen LogP contribution in [0.1, 0.15) is 21.6 Å². The zero-order valence-electron chi connectivity index (χ0n) is 13.3. The number of fused-ring (bicyclic) bond motifs is 1. The number of aromatic hydroxyl groups is 1. The van der Waals surface area contributed by atoms with E-state index in [0.29, 0.717) is 17.3 Å². The minimum absolute atomic E-state index is 0.00852. The van der Waals surface area contributed by atoms with Crippen LogP contribution in [0.25, 0.3) is 22.2 Å². The van der Waals surface area contributed by atoms with Crippen molar-refractivity contribution in [2.24, 2.45) is 0 Å². The molecule has 4 N–H and O–H groups in total. The quantitative estimate of drug-likeness (QED) is 0.600. The maximum absolute atomic E-state index is 12.9. The smallest absolute Gasteiger partial charge is 0.434 e. The first-order chi connectivity index (χ1) is 12.1. The second-order valence-electron chi connectivity index (χ2n) is 5.59. The number of hydrogen-bond donors (Lipinski definition) is 3. The van der Waals surface area contributed by atoms with E-state index in [9.17, 15) is 28.2 Å². The predicted molar refractivity (Wildman–Crippen MR) is 87.7 cm³/mol. The number of aromatic nitrogens is 2. The largest absolute Gasteiger partial charge is 0.508 e. The summed E-state index contributed by atoms with van der Waals surface area (Å²) in [7, 11) is 0. The topological polar surface area (TPSA) is 109 Å². The van der Waals surface area contributed by atoms with Crippen molar-refractivity contribution < 1.29 is 28.2 Å². The van der Waals surface area contributed by atoms with Gasteiger partial charge in [0.2, 0.25) is 0 Å². The number of alkyl halides is 3. The van der Waals surface area contributed by atoms with Gasteiger partial charge in [-0.25, -0.2) is 9.78 Å². The predicted octanol–water partition coefficient (Wildman–Crippen LogP) is 3.61. The molecule has 9 heteroatoms. The third-order valence-electron chi connectivity index (χ3n) is 3.97. The number of hydrogen-bond acceptors (Lipinski definition) is 5. The summed E-state index contributed by atoms with van der Waals surface area (Å²) < 4.78 is 38.8. The second-order valence-corrected chi connectivity index (χ2v) is 5.59. The van der Waals surface area contributed by atoms with Crippen molar-refractivity contribution in [2.75, 3.05) is 5.73 Å². The number of phenolic OH excluding ortho intramolecular Hbond substituents is 1. The molecule has 0 fully saturated rings. The standard InChI is InChI=1S/C17H12F3N3O3/c1-7-8(3-2-4-11(7)24)13-14(21)9(16(25)26)5-10-15(13)22-6-12(23-10)17(18,19)20/h2-6,24H,21H2,1H3,(H,25,26). The lowest BCUT2D eigenvalue weighted by Gasteiger charge is -2.15. The molecule has 0 aliphatic heterocycles. The molecule has 0 saturated carbocycles. The van der Waals surface area contributed by atoms with Crippen LogP contribution in [-0.4, -0.2) is 26.2 Å². The normalized spacial score (nSPS) is 11.7. The highest BCUT2D eigenvalue weighted by Crippen LogP contribution is 2.39. The molecule has 1 heterocycles. The Hall–Kier alpha value is -3.36. The fourth-order valence-corrected chi connectivity index (χ4v) is 2.65. The van der Waals surface area contributed by atoms with Crippen LogP contribution in [0, 0.1) is 6.92 Å². The molecule has 134 valence electrons. The van der Waals surface area contributed by atoms with Crippen LogP contribution in [0.15, 0.2) is 30.5 Å². The van der Waals surface area contributed by atoms with Gasteiger partial charge in [-0.1, -0.05) is 12.1 Å². The van der Waals surface area contributed by atoms with Crippen LogP contribution >= 0.6 is 0 Å². The number of phenols is 1. The van der Waals surface area contributed by atoms with E-state index in [1.165, 1.54) is 12.1 Å². The number of nitrogen functional groups attached to an aromatic ring is 1. The van der Waals surface area contributed by atoms with Crippen molar-refractivity contribution in [2.45, 2.75) is 13.1 Å². The Kier molecular flexibility index (Phi) is 3.94. The van der Waals surface area contributed by atoms with E-state index < -0.39 is 23.4 Å². The van der Waals surface area contributed by atoms with Crippen LogP contribution in [0.4, 0.5) is 18.9 Å². The highest BCUT2D eigenvalue weighted by Gasteiger charge is 2.33. The van der Waals surface area contributed by atoms with Gasteiger partial charge in [-0.15, -0.1) is 0 Å². The average Bonchev–Trinajstić information content (AvgIpc) is 2.56. The molecule has 0 saturated heterocycles. The van der Waals surface area contributed by atoms with E-state index in [2.05, 4.69) is 9.97 Å². The molecule has 2 aromatic carbocycles. The van der Waals surface area contributed by atoms with Gasteiger partial charge in [0.05, 0.1) is 28.5 Å². The van der Waals surface area contributed by atoms with Gasteiger partial charge in [-0.3, -0.25) is 4.98 Å². The summed E-state index contributed by atoms with van der Waals surface area (Å²) in [4.78, 5) is 18.8. The lowest BCUT2D eigenvalue weighted by Crippen LogP contribution is -2.11. The van der Waals surface area contributed by atoms with Crippen molar-refractivity contribution in [3.8, 4) is 16.9 Å². The lowest BCUT2D eigenvalue weighted by atomic mass is 9.94. The van der Waals surface area contributed by atoms with E-state index in [1.807, 2.05) is 0 Å². The molecule has 0 bridgehead atoms. The number of nitrogens with zero attached hydrogens (tertiary/aromatic N) is 2. The van der Waals surface area contributed by atoms with Gasteiger partial charge in [-0.05, 0) is 30.2 Å². The summed E-state index contributed by atoms with van der Waals surface area (Å²) in [5.41, 5.74) is 4.74. The molecule has 3 aromatic rings. The number of nitrogens with two attached hydrogens (primary N) is 1. The zero-order chi connectivity index (χ0) is 19.2. The SMILES string of the molecule is Cc1c(O)cccc1-c1c(N)c(C(=O)O)cc2nc(C(F)(F)F)cnc12. The third kappa shape index (κ3) is 2.77. The fourth-order valence-electron chi connectivity index (χ4n) is 2.65. The molecule has 0 atom stereocenters.